The van der Waals surface area contributed by atoms with Crippen molar-refractivity contribution in [3.8, 4) is 0 Å². The SMILES string of the molecule is CC1CC2O[Si](C(C)C)(O1)OC2C(=O)O. The molecule has 2 aliphatic heterocycles. The predicted molar refractivity (Wildman–Crippen MR) is 53.4 cm³/mol. The Kier molecular flexibility index (Phi) is 2.62. The fraction of sp³-hybridized carbons (Fsp3) is 0.889. The van der Waals surface area contributed by atoms with Gasteiger partial charge in [0.15, 0.2) is 6.10 Å². The summed E-state index contributed by atoms with van der Waals surface area (Å²) in [4.78, 5) is 11.0. The molecule has 0 aromatic carbocycles. The Bertz CT molecular complexity index is 282. The topological polar surface area (TPSA) is 65.0 Å². The van der Waals surface area contributed by atoms with Crippen LogP contribution in [0.3, 0.4) is 0 Å². The van der Waals surface area contributed by atoms with Crippen LogP contribution < -0.4 is 0 Å². The number of carboxylic acid groups (broad SMARTS) is 1. The summed E-state index contributed by atoms with van der Waals surface area (Å²) in [5, 5.41) is 9.00. The van der Waals surface area contributed by atoms with Gasteiger partial charge < -0.3 is 18.4 Å². The van der Waals surface area contributed by atoms with Crippen molar-refractivity contribution in [2.75, 3.05) is 0 Å². The van der Waals surface area contributed by atoms with Crippen molar-refractivity contribution in [1.82, 2.24) is 0 Å². The molecule has 0 saturated carbocycles. The number of rotatable bonds is 2. The highest BCUT2D eigenvalue weighted by molar-refractivity contribution is 6.63. The van der Waals surface area contributed by atoms with Gasteiger partial charge >= 0.3 is 14.8 Å². The average Bonchev–Trinajstić information content (AvgIpc) is 2.39. The maximum Gasteiger partial charge on any atom is 0.505 e. The van der Waals surface area contributed by atoms with Crippen molar-refractivity contribution in [2.24, 2.45) is 0 Å². The van der Waals surface area contributed by atoms with Gasteiger partial charge in [-0.25, -0.2) is 4.79 Å². The minimum Gasteiger partial charge on any atom is -0.479 e. The molecule has 0 aromatic rings. The quantitative estimate of drug-likeness (QED) is 0.720. The molecule has 0 radical (unpaired) electrons. The average molecular weight is 232 g/mol. The van der Waals surface area contributed by atoms with Crippen molar-refractivity contribution in [1.29, 1.82) is 0 Å². The van der Waals surface area contributed by atoms with Gasteiger partial charge in [0.25, 0.3) is 0 Å². The van der Waals surface area contributed by atoms with Gasteiger partial charge in [-0.15, -0.1) is 0 Å². The van der Waals surface area contributed by atoms with Crippen molar-refractivity contribution in [3.05, 3.63) is 0 Å². The molecule has 0 aromatic heterocycles. The number of aliphatic carboxylic acids is 1. The molecule has 0 aliphatic carbocycles. The molecule has 2 bridgehead atoms. The lowest BCUT2D eigenvalue weighted by Crippen LogP contribution is -2.50. The van der Waals surface area contributed by atoms with E-state index in [2.05, 4.69) is 0 Å². The molecule has 2 saturated heterocycles. The second-order valence-corrected chi connectivity index (χ2v) is 7.52. The third kappa shape index (κ3) is 1.71. The van der Waals surface area contributed by atoms with Crippen LogP contribution in [0.2, 0.25) is 5.54 Å². The highest BCUT2D eigenvalue weighted by Crippen LogP contribution is 2.41. The Labute approximate surface area is 89.7 Å². The van der Waals surface area contributed by atoms with E-state index in [0.717, 1.165) is 0 Å². The lowest BCUT2D eigenvalue weighted by molar-refractivity contribution is -0.146. The lowest BCUT2D eigenvalue weighted by atomic mass is 10.1. The van der Waals surface area contributed by atoms with Gasteiger partial charge in [0.05, 0.1) is 6.10 Å². The van der Waals surface area contributed by atoms with E-state index in [1.54, 1.807) is 0 Å². The van der Waals surface area contributed by atoms with Gasteiger partial charge in [-0.2, -0.15) is 0 Å². The molecule has 2 rings (SSSR count). The van der Waals surface area contributed by atoms with Crippen molar-refractivity contribution >= 4 is 14.8 Å². The van der Waals surface area contributed by atoms with Gasteiger partial charge in [-0.1, -0.05) is 13.8 Å². The maximum atomic E-state index is 11.0. The molecule has 4 unspecified atom stereocenters. The standard InChI is InChI=1S/C9H16O5Si/c1-5(2)15-12-6(3)4-7(13-15)8(14-15)9(10)11/h5-8H,4H2,1-3H3,(H,10,11). The van der Waals surface area contributed by atoms with Crippen molar-refractivity contribution < 1.29 is 23.2 Å². The zero-order valence-electron chi connectivity index (χ0n) is 9.10. The van der Waals surface area contributed by atoms with Crippen LogP contribution in [0.1, 0.15) is 27.2 Å². The minimum absolute atomic E-state index is 0.0298. The molecule has 0 spiro atoms. The number of carboxylic acids is 1. The smallest absolute Gasteiger partial charge is 0.479 e. The molecular formula is C9H16O5Si. The molecule has 6 heteroatoms. The zero-order chi connectivity index (χ0) is 11.2. The zero-order valence-corrected chi connectivity index (χ0v) is 10.1. The Morgan fingerprint density at radius 1 is 1.40 bits per heavy atom. The van der Waals surface area contributed by atoms with Crippen molar-refractivity contribution in [3.63, 3.8) is 0 Å². The molecule has 15 heavy (non-hydrogen) atoms. The number of hydrogen-bond donors (Lipinski definition) is 1. The highest BCUT2D eigenvalue weighted by Gasteiger charge is 2.62. The van der Waals surface area contributed by atoms with Crippen molar-refractivity contribution in [2.45, 2.75) is 51.0 Å². The summed E-state index contributed by atoms with van der Waals surface area (Å²) < 4.78 is 17.0. The Morgan fingerprint density at radius 2 is 2.07 bits per heavy atom. The molecule has 86 valence electrons. The van der Waals surface area contributed by atoms with E-state index in [-0.39, 0.29) is 17.7 Å². The Balaban J connectivity index is 2.24. The van der Waals surface area contributed by atoms with E-state index in [0.29, 0.717) is 6.42 Å². The second-order valence-electron chi connectivity index (χ2n) is 4.46. The van der Waals surface area contributed by atoms with Crippen LogP contribution in [0.4, 0.5) is 0 Å². The van der Waals surface area contributed by atoms with Crippen LogP contribution in [0.25, 0.3) is 0 Å². The van der Waals surface area contributed by atoms with Crippen LogP contribution in [-0.2, 0) is 18.1 Å². The fourth-order valence-corrected chi connectivity index (χ4v) is 4.94. The summed E-state index contributed by atoms with van der Waals surface area (Å²) in [5.41, 5.74) is 0.104. The summed E-state index contributed by atoms with van der Waals surface area (Å²) >= 11 is 0. The van der Waals surface area contributed by atoms with E-state index < -0.39 is 20.9 Å². The van der Waals surface area contributed by atoms with E-state index in [9.17, 15) is 4.79 Å². The van der Waals surface area contributed by atoms with Crippen LogP contribution in [-0.4, -0.2) is 38.2 Å². The Hall–Kier alpha value is -0.433. The first kappa shape index (κ1) is 11.1. The summed E-state index contributed by atoms with van der Waals surface area (Å²) in [6.07, 6.45) is -0.551. The predicted octanol–water partition coefficient (Wildman–Crippen LogP) is 1.01. The second kappa shape index (κ2) is 3.55. The summed E-state index contributed by atoms with van der Waals surface area (Å²) in [6, 6.07) is 0. The monoisotopic (exact) mass is 232 g/mol. The van der Waals surface area contributed by atoms with Crippen LogP contribution in [0, 0.1) is 0 Å². The first-order valence-corrected chi connectivity index (χ1v) is 7.01. The largest absolute Gasteiger partial charge is 0.505 e. The molecule has 2 fully saturated rings. The summed E-state index contributed by atoms with van der Waals surface area (Å²) in [6.45, 7) is 5.84. The van der Waals surface area contributed by atoms with E-state index in [1.165, 1.54) is 0 Å². The van der Waals surface area contributed by atoms with E-state index in [1.807, 2.05) is 20.8 Å². The molecule has 2 heterocycles. The molecule has 0 amide bonds. The first-order chi connectivity index (χ1) is 6.94. The molecule has 2 aliphatic rings. The van der Waals surface area contributed by atoms with Gasteiger partial charge in [0, 0.05) is 18.1 Å². The van der Waals surface area contributed by atoms with E-state index >= 15 is 0 Å². The van der Waals surface area contributed by atoms with Gasteiger partial charge in [-0.3, -0.25) is 0 Å². The molecular weight excluding hydrogens is 216 g/mol. The summed E-state index contributed by atoms with van der Waals surface area (Å²) in [5.74, 6) is -0.951. The Morgan fingerprint density at radius 3 is 2.60 bits per heavy atom. The summed E-state index contributed by atoms with van der Waals surface area (Å²) in [7, 11) is -2.73. The molecule has 5 nitrogen and oxygen atoms in total. The van der Waals surface area contributed by atoms with Crippen LogP contribution in [0.15, 0.2) is 0 Å². The maximum absolute atomic E-state index is 11.0. The first-order valence-electron chi connectivity index (χ1n) is 5.21. The lowest BCUT2D eigenvalue weighted by Gasteiger charge is -2.34. The van der Waals surface area contributed by atoms with Gasteiger partial charge in [-0.05, 0) is 6.92 Å². The molecule has 1 N–H and O–H groups in total. The molecule has 4 atom stereocenters. The third-order valence-electron chi connectivity index (χ3n) is 2.82. The van der Waals surface area contributed by atoms with Crippen LogP contribution in [0.5, 0.6) is 0 Å². The van der Waals surface area contributed by atoms with Gasteiger partial charge in [0.2, 0.25) is 0 Å². The normalized spacial score (nSPS) is 44.7. The fourth-order valence-electron chi connectivity index (χ4n) is 2.05. The third-order valence-corrected chi connectivity index (χ3v) is 6.18. The number of hydrogen-bond acceptors (Lipinski definition) is 4. The number of carbonyl (C=O) groups is 1. The van der Waals surface area contributed by atoms with Crippen LogP contribution >= 0.6 is 0 Å². The van der Waals surface area contributed by atoms with Gasteiger partial charge in [0.1, 0.15) is 0 Å². The van der Waals surface area contributed by atoms with E-state index in [4.69, 9.17) is 18.4 Å². The minimum atomic E-state index is -2.73. The highest BCUT2D eigenvalue weighted by atomic mass is 28.4. The number of fused-ring (bicyclic) bond motifs is 2.